The summed E-state index contributed by atoms with van der Waals surface area (Å²) in [7, 11) is 3.00. The van der Waals surface area contributed by atoms with Gasteiger partial charge in [-0.05, 0) is 55.3 Å². The van der Waals surface area contributed by atoms with Gasteiger partial charge < -0.3 is 19.1 Å². The van der Waals surface area contributed by atoms with Crippen LogP contribution in [0.1, 0.15) is 49.4 Å². The van der Waals surface area contributed by atoms with Crippen molar-refractivity contribution < 1.29 is 33.4 Å². The molecule has 3 amide bonds. The van der Waals surface area contributed by atoms with Crippen LogP contribution in [0.15, 0.2) is 42.5 Å². The lowest BCUT2D eigenvalue weighted by Crippen LogP contribution is -2.50. The highest BCUT2D eigenvalue weighted by Gasteiger charge is 2.47. The van der Waals surface area contributed by atoms with E-state index in [-0.39, 0.29) is 24.3 Å². The van der Waals surface area contributed by atoms with Gasteiger partial charge in [0.05, 0.1) is 26.3 Å². The van der Waals surface area contributed by atoms with Crippen LogP contribution >= 0.6 is 0 Å². The molecule has 9 nitrogen and oxygen atoms in total. The SMILES string of the molecule is COc1ccc(C(=O)N(C2CCCC2)C2CC(=O)N(c3ccc(OC(C)=O)cc3)C2=O)cc1OC. The molecular weight excluding hydrogens is 452 g/mol. The zero-order valence-electron chi connectivity index (χ0n) is 20.0. The Morgan fingerprint density at radius 1 is 0.943 bits per heavy atom. The molecule has 1 saturated carbocycles. The predicted octanol–water partition coefficient (Wildman–Crippen LogP) is 3.35. The van der Waals surface area contributed by atoms with Gasteiger partial charge in [-0.15, -0.1) is 0 Å². The van der Waals surface area contributed by atoms with Crippen molar-refractivity contribution in [2.75, 3.05) is 19.1 Å². The first kappa shape index (κ1) is 24.3. The summed E-state index contributed by atoms with van der Waals surface area (Å²) in [5, 5.41) is 0. The van der Waals surface area contributed by atoms with Crippen LogP contribution in [0.3, 0.4) is 0 Å². The second kappa shape index (κ2) is 10.2. The minimum Gasteiger partial charge on any atom is -0.493 e. The van der Waals surface area contributed by atoms with Crippen molar-refractivity contribution >= 4 is 29.4 Å². The van der Waals surface area contributed by atoms with Gasteiger partial charge in [0, 0.05) is 18.5 Å². The van der Waals surface area contributed by atoms with Crippen LogP contribution in [0.25, 0.3) is 0 Å². The van der Waals surface area contributed by atoms with E-state index in [1.165, 1.54) is 33.3 Å². The molecule has 2 aromatic rings. The van der Waals surface area contributed by atoms with E-state index >= 15 is 0 Å². The third kappa shape index (κ3) is 4.84. The van der Waals surface area contributed by atoms with E-state index in [4.69, 9.17) is 14.2 Å². The summed E-state index contributed by atoms with van der Waals surface area (Å²) in [5.74, 6) is -0.407. The van der Waals surface area contributed by atoms with Crippen molar-refractivity contribution in [1.82, 2.24) is 4.90 Å². The van der Waals surface area contributed by atoms with Crippen LogP contribution in [-0.2, 0) is 14.4 Å². The molecule has 9 heteroatoms. The molecule has 35 heavy (non-hydrogen) atoms. The number of methoxy groups -OCH3 is 2. The summed E-state index contributed by atoms with van der Waals surface area (Å²) in [6.07, 6.45) is 3.36. The van der Waals surface area contributed by atoms with Crippen molar-refractivity contribution in [2.45, 2.75) is 51.1 Å². The van der Waals surface area contributed by atoms with Gasteiger partial charge in [-0.2, -0.15) is 0 Å². The van der Waals surface area contributed by atoms with Gasteiger partial charge in [0.2, 0.25) is 5.91 Å². The molecule has 1 atom stereocenters. The van der Waals surface area contributed by atoms with E-state index in [9.17, 15) is 19.2 Å². The number of rotatable bonds is 7. The van der Waals surface area contributed by atoms with Crippen LogP contribution in [0.2, 0.25) is 0 Å². The lowest BCUT2D eigenvalue weighted by Gasteiger charge is -2.33. The number of esters is 1. The van der Waals surface area contributed by atoms with Gasteiger partial charge in [-0.3, -0.25) is 19.2 Å². The molecule has 0 N–H and O–H groups in total. The highest BCUT2D eigenvalue weighted by Crippen LogP contribution is 2.35. The summed E-state index contributed by atoms with van der Waals surface area (Å²) in [6.45, 7) is 1.29. The highest BCUT2D eigenvalue weighted by atomic mass is 16.5. The van der Waals surface area contributed by atoms with Gasteiger partial charge in [0.25, 0.3) is 11.8 Å². The van der Waals surface area contributed by atoms with E-state index in [1.54, 1.807) is 35.2 Å². The molecule has 0 spiro atoms. The van der Waals surface area contributed by atoms with Crippen molar-refractivity contribution in [3.63, 3.8) is 0 Å². The summed E-state index contributed by atoms with van der Waals surface area (Å²) in [4.78, 5) is 54.1. The highest BCUT2D eigenvalue weighted by molar-refractivity contribution is 6.23. The van der Waals surface area contributed by atoms with E-state index in [0.717, 1.165) is 30.6 Å². The van der Waals surface area contributed by atoms with E-state index in [1.807, 2.05) is 0 Å². The summed E-state index contributed by atoms with van der Waals surface area (Å²) < 4.78 is 15.6. The number of amides is 3. The molecule has 2 aromatic carbocycles. The van der Waals surface area contributed by atoms with Crippen molar-refractivity contribution in [1.29, 1.82) is 0 Å². The first-order valence-corrected chi connectivity index (χ1v) is 11.5. The fraction of sp³-hybridized carbons (Fsp3) is 0.385. The van der Waals surface area contributed by atoms with E-state index in [2.05, 4.69) is 0 Å². The van der Waals surface area contributed by atoms with E-state index < -0.39 is 17.9 Å². The van der Waals surface area contributed by atoms with Crippen molar-refractivity contribution in [3.05, 3.63) is 48.0 Å². The second-order valence-electron chi connectivity index (χ2n) is 8.60. The first-order chi connectivity index (χ1) is 16.8. The molecule has 1 aliphatic carbocycles. The Hall–Kier alpha value is -3.88. The number of nitrogens with zero attached hydrogens (tertiary/aromatic N) is 2. The van der Waals surface area contributed by atoms with Crippen LogP contribution in [0.4, 0.5) is 5.69 Å². The number of imide groups is 1. The van der Waals surface area contributed by atoms with Crippen molar-refractivity contribution in [2.24, 2.45) is 0 Å². The lowest BCUT2D eigenvalue weighted by atomic mass is 10.1. The molecule has 1 aliphatic heterocycles. The number of anilines is 1. The molecule has 1 heterocycles. The molecule has 0 radical (unpaired) electrons. The molecular formula is C26H28N2O7. The molecule has 184 valence electrons. The molecule has 1 saturated heterocycles. The average molecular weight is 481 g/mol. The normalized spacial score (nSPS) is 18.0. The van der Waals surface area contributed by atoms with E-state index in [0.29, 0.717) is 28.5 Å². The summed E-state index contributed by atoms with van der Waals surface area (Å²) >= 11 is 0. The Morgan fingerprint density at radius 3 is 2.20 bits per heavy atom. The standard InChI is InChI=1S/C26H28N2O7/c1-16(29)35-20-11-9-19(10-12-20)28-24(30)15-21(26(28)32)27(18-6-4-5-7-18)25(31)17-8-13-22(33-2)23(14-17)34-3/h8-14,18,21H,4-7,15H2,1-3H3. The van der Waals surface area contributed by atoms with Crippen molar-refractivity contribution in [3.8, 4) is 17.2 Å². The molecule has 0 bridgehead atoms. The van der Waals surface area contributed by atoms with Crippen LogP contribution in [0, 0.1) is 0 Å². The van der Waals surface area contributed by atoms with Crippen LogP contribution in [-0.4, -0.2) is 54.9 Å². The molecule has 0 aromatic heterocycles. The van der Waals surface area contributed by atoms with Crippen LogP contribution < -0.4 is 19.1 Å². The van der Waals surface area contributed by atoms with Crippen LogP contribution in [0.5, 0.6) is 17.2 Å². The monoisotopic (exact) mass is 480 g/mol. The minimum absolute atomic E-state index is 0.0972. The number of ether oxygens (including phenoxy) is 3. The second-order valence-corrected chi connectivity index (χ2v) is 8.60. The Bertz CT molecular complexity index is 1140. The maximum absolute atomic E-state index is 13.7. The zero-order chi connectivity index (χ0) is 25.1. The topological polar surface area (TPSA) is 102 Å². The maximum Gasteiger partial charge on any atom is 0.308 e. The Labute approximate surface area is 203 Å². The molecule has 4 rings (SSSR count). The maximum atomic E-state index is 13.7. The average Bonchev–Trinajstić information content (AvgIpc) is 3.47. The fourth-order valence-corrected chi connectivity index (χ4v) is 4.80. The number of benzene rings is 2. The zero-order valence-corrected chi connectivity index (χ0v) is 20.0. The number of hydrogen-bond donors (Lipinski definition) is 0. The number of hydrogen-bond acceptors (Lipinski definition) is 7. The summed E-state index contributed by atoms with van der Waals surface area (Å²) in [5.41, 5.74) is 0.724. The van der Waals surface area contributed by atoms with Gasteiger partial charge in [-0.1, -0.05) is 12.8 Å². The van der Waals surface area contributed by atoms with Gasteiger partial charge >= 0.3 is 5.97 Å². The lowest BCUT2D eigenvalue weighted by molar-refractivity contribution is -0.132. The molecule has 2 aliphatic rings. The first-order valence-electron chi connectivity index (χ1n) is 11.5. The smallest absolute Gasteiger partial charge is 0.308 e. The van der Waals surface area contributed by atoms with Gasteiger partial charge in [0.1, 0.15) is 11.8 Å². The quantitative estimate of drug-likeness (QED) is 0.340. The predicted molar refractivity (Wildman–Crippen MR) is 127 cm³/mol. The van der Waals surface area contributed by atoms with Gasteiger partial charge in [0.15, 0.2) is 11.5 Å². The summed E-state index contributed by atoms with van der Waals surface area (Å²) in [6, 6.07) is 9.98. The largest absolute Gasteiger partial charge is 0.493 e. The van der Waals surface area contributed by atoms with Gasteiger partial charge in [-0.25, -0.2) is 4.90 Å². The Morgan fingerprint density at radius 2 is 1.60 bits per heavy atom. The number of carbonyl (C=O) groups is 4. The third-order valence-electron chi connectivity index (χ3n) is 6.40. The molecule has 2 fully saturated rings. The Kier molecular flexibility index (Phi) is 7.04. The fourth-order valence-electron chi connectivity index (χ4n) is 4.80. The molecule has 1 unspecified atom stereocenters. The minimum atomic E-state index is -0.903. The third-order valence-corrected chi connectivity index (χ3v) is 6.40. The number of carbonyl (C=O) groups excluding carboxylic acids is 4. The Balaban J connectivity index is 1.64.